The van der Waals surface area contributed by atoms with Crippen LogP contribution in [0.4, 0.5) is 0 Å². The topological polar surface area (TPSA) is 36.9 Å². The lowest BCUT2D eigenvalue weighted by atomic mass is 9.44. The van der Waals surface area contributed by atoms with Crippen molar-refractivity contribution < 1.29 is 18.9 Å². The highest BCUT2D eigenvalue weighted by Crippen LogP contribution is 2.68. The third-order valence-corrected chi connectivity index (χ3v) is 10.8. The van der Waals surface area contributed by atoms with Crippen LogP contribution in [0.3, 0.4) is 0 Å². The Hall–Kier alpha value is -1.10. The van der Waals surface area contributed by atoms with Crippen LogP contribution in [0.1, 0.15) is 84.6 Å². The van der Waals surface area contributed by atoms with Crippen molar-refractivity contribution >= 4 is 0 Å². The van der Waals surface area contributed by atoms with Crippen LogP contribution >= 0.6 is 0 Å². The molecule has 4 heteroatoms. The molecule has 1 saturated heterocycles. The first-order chi connectivity index (χ1) is 16.2. The number of rotatable bonds is 4. The van der Waals surface area contributed by atoms with Gasteiger partial charge in [0.1, 0.15) is 5.75 Å². The second-order valence-electron chi connectivity index (χ2n) is 13.1. The molecule has 4 nitrogen and oxygen atoms in total. The van der Waals surface area contributed by atoms with Gasteiger partial charge in [-0.25, -0.2) is 0 Å². The van der Waals surface area contributed by atoms with E-state index in [4.69, 9.17) is 18.9 Å². The van der Waals surface area contributed by atoms with E-state index < -0.39 is 5.79 Å². The van der Waals surface area contributed by atoms with Gasteiger partial charge in [-0.05, 0) is 105 Å². The summed E-state index contributed by atoms with van der Waals surface area (Å²) in [5, 5.41) is 0. The molecule has 188 valence electrons. The zero-order chi connectivity index (χ0) is 23.7. The summed E-state index contributed by atoms with van der Waals surface area (Å²) in [5.41, 5.74) is 1.95. The summed E-state index contributed by atoms with van der Waals surface area (Å²) < 4.78 is 25.7. The highest BCUT2D eigenvalue weighted by molar-refractivity contribution is 5.26. The second-order valence-corrected chi connectivity index (χ2v) is 13.1. The summed E-state index contributed by atoms with van der Waals surface area (Å²) in [4.78, 5) is 0. The van der Waals surface area contributed by atoms with E-state index in [2.05, 4.69) is 39.8 Å². The largest absolute Gasteiger partial charge is 0.497 e. The van der Waals surface area contributed by atoms with Crippen LogP contribution in [0.2, 0.25) is 0 Å². The normalized spacial score (nSPS) is 46.8. The molecule has 5 aliphatic rings. The SMILES string of the molecule is COc1ccc(CO[C@@H]2CC[C@@]3(C)CCC4C(C23)[C@H]2OC(C)(C)O[C@@H]2C2CCCC[C@]42C)cc1. The van der Waals surface area contributed by atoms with E-state index in [1.807, 2.05) is 12.1 Å². The predicted molar refractivity (Wildman–Crippen MR) is 133 cm³/mol. The molecule has 0 spiro atoms. The van der Waals surface area contributed by atoms with Gasteiger partial charge in [-0.2, -0.15) is 0 Å². The van der Waals surface area contributed by atoms with Gasteiger partial charge in [0.2, 0.25) is 0 Å². The van der Waals surface area contributed by atoms with Crippen molar-refractivity contribution in [1.82, 2.24) is 0 Å². The van der Waals surface area contributed by atoms with Crippen LogP contribution in [0.25, 0.3) is 0 Å². The fourth-order valence-corrected chi connectivity index (χ4v) is 9.33. The van der Waals surface area contributed by atoms with Gasteiger partial charge in [0.05, 0.1) is 32.0 Å². The molecular formula is C30H44O4. The first-order valence-corrected chi connectivity index (χ1v) is 13.8. The maximum absolute atomic E-state index is 6.81. The quantitative estimate of drug-likeness (QED) is 0.490. The fourth-order valence-electron chi connectivity index (χ4n) is 9.33. The Morgan fingerprint density at radius 1 is 0.853 bits per heavy atom. The van der Waals surface area contributed by atoms with Crippen LogP contribution in [-0.4, -0.2) is 31.2 Å². The molecule has 1 aliphatic heterocycles. The molecule has 4 unspecified atom stereocenters. The molecule has 34 heavy (non-hydrogen) atoms. The molecule has 4 aliphatic carbocycles. The summed E-state index contributed by atoms with van der Waals surface area (Å²) in [6, 6.07) is 8.35. The molecule has 0 aromatic heterocycles. The Balaban J connectivity index is 1.31. The molecule has 1 aromatic carbocycles. The third-order valence-electron chi connectivity index (χ3n) is 10.8. The molecule has 1 heterocycles. The van der Waals surface area contributed by atoms with Gasteiger partial charge < -0.3 is 18.9 Å². The second kappa shape index (κ2) is 8.21. The summed E-state index contributed by atoms with van der Waals surface area (Å²) in [7, 11) is 1.72. The van der Waals surface area contributed by atoms with E-state index in [0.717, 1.165) is 11.7 Å². The number of methoxy groups -OCH3 is 1. The first-order valence-electron chi connectivity index (χ1n) is 13.8. The number of benzene rings is 1. The first kappa shape index (κ1) is 23.3. The van der Waals surface area contributed by atoms with Crippen LogP contribution in [0, 0.1) is 34.5 Å². The minimum atomic E-state index is -0.478. The summed E-state index contributed by atoms with van der Waals surface area (Å²) >= 11 is 0. The highest BCUT2D eigenvalue weighted by atomic mass is 16.8. The maximum Gasteiger partial charge on any atom is 0.163 e. The Bertz CT molecular complexity index is 896. The minimum absolute atomic E-state index is 0.214. The Labute approximate surface area is 206 Å². The number of hydrogen-bond acceptors (Lipinski definition) is 4. The molecular weight excluding hydrogens is 424 g/mol. The average molecular weight is 469 g/mol. The average Bonchev–Trinajstić information content (AvgIpc) is 3.33. The van der Waals surface area contributed by atoms with E-state index in [0.29, 0.717) is 41.3 Å². The van der Waals surface area contributed by atoms with Gasteiger partial charge in [0.25, 0.3) is 0 Å². The van der Waals surface area contributed by atoms with E-state index in [9.17, 15) is 0 Å². The molecule has 6 rings (SSSR count). The van der Waals surface area contributed by atoms with Crippen LogP contribution in [0.15, 0.2) is 24.3 Å². The summed E-state index contributed by atoms with van der Waals surface area (Å²) in [6.45, 7) is 10.1. The molecule has 5 fully saturated rings. The van der Waals surface area contributed by atoms with Gasteiger partial charge >= 0.3 is 0 Å². The van der Waals surface area contributed by atoms with E-state index >= 15 is 0 Å². The monoisotopic (exact) mass is 468 g/mol. The van der Waals surface area contributed by atoms with Gasteiger partial charge in [-0.15, -0.1) is 0 Å². The third kappa shape index (κ3) is 3.58. The molecule has 0 radical (unpaired) electrons. The van der Waals surface area contributed by atoms with Crippen LogP contribution < -0.4 is 4.74 Å². The predicted octanol–water partition coefficient (Wildman–Crippen LogP) is 6.75. The van der Waals surface area contributed by atoms with Crippen molar-refractivity contribution in [2.45, 2.75) is 110 Å². The smallest absolute Gasteiger partial charge is 0.163 e. The van der Waals surface area contributed by atoms with Crippen molar-refractivity contribution in [2.75, 3.05) is 7.11 Å². The Morgan fingerprint density at radius 2 is 1.59 bits per heavy atom. The molecule has 9 atom stereocenters. The standard InChI is InChI=1S/C30H44O4/c1-28(2)33-26-22-8-6-7-15-30(22,4)21-13-16-29(3)17-14-23(25(29)24(21)27(26)34-28)32-18-19-9-11-20(31-5)12-10-19/h9-12,21-27H,6-8,13-18H2,1-5H3/t21?,22?,23-,24?,25?,26-,27-,29-,30-/m1/s1. The van der Waals surface area contributed by atoms with Gasteiger partial charge in [0, 0.05) is 0 Å². The number of ether oxygens (including phenoxy) is 4. The van der Waals surface area contributed by atoms with Crippen LogP contribution in [-0.2, 0) is 20.8 Å². The van der Waals surface area contributed by atoms with E-state index in [1.54, 1.807) is 7.11 Å². The van der Waals surface area contributed by atoms with Crippen molar-refractivity contribution in [3.05, 3.63) is 29.8 Å². The number of hydrogen-bond donors (Lipinski definition) is 0. The lowest BCUT2D eigenvalue weighted by Gasteiger charge is -2.62. The van der Waals surface area contributed by atoms with Crippen molar-refractivity contribution in [3.8, 4) is 5.75 Å². The minimum Gasteiger partial charge on any atom is -0.497 e. The molecule has 1 aromatic rings. The lowest BCUT2D eigenvalue weighted by molar-refractivity contribution is -0.193. The fraction of sp³-hybridized carbons (Fsp3) is 0.800. The Morgan fingerprint density at radius 3 is 2.35 bits per heavy atom. The van der Waals surface area contributed by atoms with Gasteiger partial charge in [0.15, 0.2) is 5.79 Å². The van der Waals surface area contributed by atoms with Gasteiger partial charge in [-0.1, -0.05) is 38.8 Å². The number of fused-ring (bicyclic) bond motifs is 8. The Kier molecular flexibility index (Phi) is 5.63. The molecule has 0 bridgehead atoms. The van der Waals surface area contributed by atoms with Crippen molar-refractivity contribution in [2.24, 2.45) is 34.5 Å². The van der Waals surface area contributed by atoms with Crippen molar-refractivity contribution in [3.63, 3.8) is 0 Å². The van der Waals surface area contributed by atoms with Gasteiger partial charge in [-0.3, -0.25) is 0 Å². The summed E-state index contributed by atoms with van der Waals surface area (Å²) in [6.07, 6.45) is 11.3. The molecule has 0 N–H and O–H groups in total. The highest BCUT2D eigenvalue weighted by Gasteiger charge is 2.68. The maximum atomic E-state index is 6.81. The lowest BCUT2D eigenvalue weighted by Crippen LogP contribution is -2.63. The van der Waals surface area contributed by atoms with E-state index in [-0.39, 0.29) is 12.2 Å². The zero-order valence-corrected chi connectivity index (χ0v) is 21.8. The zero-order valence-electron chi connectivity index (χ0n) is 21.8. The molecule has 4 saturated carbocycles. The van der Waals surface area contributed by atoms with Crippen LogP contribution in [0.5, 0.6) is 5.75 Å². The van der Waals surface area contributed by atoms with E-state index in [1.165, 1.54) is 56.9 Å². The van der Waals surface area contributed by atoms with Crippen molar-refractivity contribution in [1.29, 1.82) is 0 Å². The molecule has 0 amide bonds. The summed E-state index contributed by atoms with van der Waals surface area (Å²) in [5.74, 6) is 2.87.